The molecule has 96 valence electrons. The van der Waals surface area contributed by atoms with Gasteiger partial charge < -0.3 is 10.8 Å². The van der Waals surface area contributed by atoms with Crippen LogP contribution in [0.1, 0.15) is 43.7 Å². The predicted octanol–water partition coefficient (Wildman–Crippen LogP) is 4.16. The Hall–Kier alpha value is -0.250. The molecule has 0 saturated heterocycles. The van der Waals surface area contributed by atoms with E-state index in [1.807, 2.05) is 12.1 Å². The maximum absolute atomic E-state index is 9.88. The molecular formula is C13H19BrClNO. The van der Waals surface area contributed by atoms with Crippen molar-refractivity contribution in [1.29, 1.82) is 0 Å². The van der Waals surface area contributed by atoms with E-state index in [1.54, 1.807) is 6.07 Å². The first-order valence-corrected chi connectivity index (χ1v) is 6.72. The fourth-order valence-corrected chi connectivity index (χ4v) is 2.89. The summed E-state index contributed by atoms with van der Waals surface area (Å²) in [5.41, 5.74) is 7.13. The van der Waals surface area contributed by atoms with Crippen molar-refractivity contribution in [2.75, 3.05) is 0 Å². The van der Waals surface area contributed by atoms with E-state index < -0.39 is 0 Å². The van der Waals surface area contributed by atoms with Crippen LogP contribution in [0.15, 0.2) is 22.7 Å². The largest absolute Gasteiger partial charge is 0.508 e. The summed E-state index contributed by atoms with van der Waals surface area (Å²) in [5, 5.41) is 9.88. The molecule has 17 heavy (non-hydrogen) atoms. The molecule has 4 heteroatoms. The van der Waals surface area contributed by atoms with Gasteiger partial charge in [-0.3, -0.25) is 0 Å². The van der Waals surface area contributed by atoms with Crippen molar-refractivity contribution < 1.29 is 5.11 Å². The third-order valence-corrected chi connectivity index (χ3v) is 4.00. The number of phenolic OH excluding ortho intramolecular Hbond substituents is 1. The van der Waals surface area contributed by atoms with Crippen LogP contribution in [0, 0.1) is 5.92 Å². The van der Waals surface area contributed by atoms with Crippen LogP contribution >= 0.6 is 28.3 Å². The second-order valence-electron chi connectivity index (χ2n) is 4.63. The van der Waals surface area contributed by atoms with Gasteiger partial charge in [-0.2, -0.15) is 0 Å². The molecule has 0 aromatic heterocycles. The van der Waals surface area contributed by atoms with Gasteiger partial charge in [0.15, 0.2) is 0 Å². The molecule has 0 bridgehead atoms. The van der Waals surface area contributed by atoms with E-state index in [1.165, 1.54) is 32.1 Å². The number of halogens is 2. The molecule has 1 aliphatic rings. The summed E-state index contributed by atoms with van der Waals surface area (Å²) in [6, 6.07) is 5.57. The van der Waals surface area contributed by atoms with Gasteiger partial charge in [0.2, 0.25) is 0 Å². The second kappa shape index (κ2) is 6.62. The minimum absolute atomic E-state index is 0. The topological polar surface area (TPSA) is 46.2 Å². The SMILES string of the molecule is Cl.N[C@H](c1ccc(Br)cc1O)C1CCCCC1. The Morgan fingerprint density at radius 1 is 1.24 bits per heavy atom. The molecule has 3 N–H and O–H groups in total. The van der Waals surface area contributed by atoms with Crippen LogP contribution in [0.2, 0.25) is 0 Å². The quantitative estimate of drug-likeness (QED) is 0.859. The summed E-state index contributed by atoms with van der Waals surface area (Å²) < 4.78 is 0.893. The lowest BCUT2D eigenvalue weighted by atomic mass is 9.81. The molecule has 2 nitrogen and oxygen atoms in total. The number of benzene rings is 1. The van der Waals surface area contributed by atoms with E-state index in [0.717, 1.165) is 10.0 Å². The van der Waals surface area contributed by atoms with Gasteiger partial charge in [0, 0.05) is 16.1 Å². The molecule has 0 aliphatic heterocycles. The zero-order valence-corrected chi connectivity index (χ0v) is 12.1. The summed E-state index contributed by atoms with van der Waals surface area (Å²) in [7, 11) is 0. The molecule has 0 radical (unpaired) electrons. The maximum Gasteiger partial charge on any atom is 0.121 e. The van der Waals surface area contributed by atoms with E-state index >= 15 is 0 Å². The highest BCUT2D eigenvalue weighted by Crippen LogP contribution is 2.36. The van der Waals surface area contributed by atoms with Crippen LogP contribution in [0.5, 0.6) is 5.75 Å². The van der Waals surface area contributed by atoms with Crippen molar-refractivity contribution in [3.8, 4) is 5.75 Å². The van der Waals surface area contributed by atoms with Gasteiger partial charge in [0.1, 0.15) is 5.75 Å². The highest BCUT2D eigenvalue weighted by atomic mass is 79.9. The van der Waals surface area contributed by atoms with Gasteiger partial charge >= 0.3 is 0 Å². The normalized spacial score (nSPS) is 18.5. The van der Waals surface area contributed by atoms with Gasteiger partial charge in [-0.15, -0.1) is 12.4 Å². The van der Waals surface area contributed by atoms with Gasteiger partial charge in [-0.05, 0) is 30.9 Å². The van der Waals surface area contributed by atoms with Crippen molar-refractivity contribution in [3.05, 3.63) is 28.2 Å². The zero-order valence-electron chi connectivity index (χ0n) is 9.73. The lowest BCUT2D eigenvalue weighted by Crippen LogP contribution is -2.23. The van der Waals surface area contributed by atoms with Crippen LogP contribution in [-0.2, 0) is 0 Å². The van der Waals surface area contributed by atoms with Crippen LogP contribution in [0.3, 0.4) is 0 Å². The fourth-order valence-electron chi connectivity index (χ4n) is 2.55. The van der Waals surface area contributed by atoms with Gasteiger partial charge in [0.05, 0.1) is 0 Å². The molecule has 1 aliphatic carbocycles. The van der Waals surface area contributed by atoms with Crippen LogP contribution in [0.4, 0.5) is 0 Å². The Balaban J connectivity index is 0.00000144. The van der Waals surface area contributed by atoms with E-state index in [2.05, 4.69) is 15.9 Å². The maximum atomic E-state index is 9.88. The average Bonchev–Trinajstić information content (AvgIpc) is 2.29. The van der Waals surface area contributed by atoms with Crippen molar-refractivity contribution in [1.82, 2.24) is 0 Å². The van der Waals surface area contributed by atoms with Gasteiger partial charge in [-0.1, -0.05) is 41.3 Å². The molecule has 0 heterocycles. The highest BCUT2D eigenvalue weighted by Gasteiger charge is 2.23. The van der Waals surface area contributed by atoms with E-state index in [9.17, 15) is 5.11 Å². The third-order valence-electron chi connectivity index (χ3n) is 3.51. The minimum atomic E-state index is -0.0200. The number of hydrogen-bond acceptors (Lipinski definition) is 2. The van der Waals surface area contributed by atoms with Crippen LogP contribution in [0.25, 0.3) is 0 Å². The predicted molar refractivity (Wildman–Crippen MR) is 76.6 cm³/mol. The Bertz CT molecular complexity index is 366. The molecule has 1 fully saturated rings. The molecule has 2 rings (SSSR count). The van der Waals surface area contributed by atoms with E-state index in [-0.39, 0.29) is 18.4 Å². The van der Waals surface area contributed by atoms with Crippen molar-refractivity contribution in [3.63, 3.8) is 0 Å². The summed E-state index contributed by atoms with van der Waals surface area (Å²) in [5.74, 6) is 0.841. The lowest BCUT2D eigenvalue weighted by molar-refractivity contribution is 0.303. The highest BCUT2D eigenvalue weighted by molar-refractivity contribution is 9.10. The molecule has 1 aromatic rings. The molecular weight excluding hydrogens is 302 g/mol. The Morgan fingerprint density at radius 2 is 1.88 bits per heavy atom. The number of phenols is 1. The number of nitrogens with two attached hydrogens (primary N) is 1. The first-order valence-electron chi connectivity index (χ1n) is 5.92. The second-order valence-corrected chi connectivity index (χ2v) is 5.54. The molecule has 1 saturated carbocycles. The Kier molecular flexibility index (Phi) is 5.77. The zero-order chi connectivity index (χ0) is 11.5. The smallest absolute Gasteiger partial charge is 0.121 e. The van der Waals surface area contributed by atoms with Gasteiger partial charge in [-0.25, -0.2) is 0 Å². The first kappa shape index (κ1) is 14.8. The van der Waals surface area contributed by atoms with Crippen molar-refractivity contribution >= 4 is 28.3 Å². The van der Waals surface area contributed by atoms with Gasteiger partial charge in [0.25, 0.3) is 0 Å². The van der Waals surface area contributed by atoms with Crippen LogP contribution in [-0.4, -0.2) is 5.11 Å². The molecule has 0 amide bonds. The summed E-state index contributed by atoms with van der Waals surface area (Å²) in [6.45, 7) is 0. The monoisotopic (exact) mass is 319 g/mol. The van der Waals surface area contributed by atoms with E-state index in [0.29, 0.717) is 11.7 Å². The Morgan fingerprint density at radius 3 is 2.47 bits per heavy atom. The summed E-state index contributed by atoms with van der Waals surface area (Å²) >= 11 is 3.34. The van der Waals surface area contributed by atoms with Crippen molar-refractivity contribution in [2.24, 2.45) is 11.7 Å². The Labute approximate surface area is 117 Å². The molecule has 0 unspecified atom stereocenters. The lowest BCUT2D eigenvalue weighted by Gasteiger charge is -2.28. The minimum Gasteiger partial charge on any atom is -0.508 e. The number of rotatable bonds is 2. The molecule has 0 spiro atoms. The first-order chi connectivity index (χ1) is 7.68. The molecule has 1 atom stereocenters. The fraction of sp³-hybridized carbons (Fsp3) is 0.538. The van der Waals surface area contributed by atoms with Crippen molar-refractivity contribution in [2.45, 2.75) is 38.1 Å². The van der Waals surface area contributed by atoms with E-state index in [4.69, 9.17) is 5.73 Å². The number of aromatic hydroxyl groups is 1. The standard InChI is InChI=1S/C13H18BrNO.ClH/c14-10-6-7-11(12(16)8-10)13(15)9-4-2-1-3-5-9;/h6-9,13,16H,1-5,15H2;1H/t13-;/m0./s1. The summed E-state index contributed by atoms with van der Waals surface area (Å²) in [6.07, 6.45) is 6.26. The molecule has 1 aromatic carbocycles. The number of hydrogen-bond donors (Lipinski definition) is 2. The average molecular weight is 321 g/mol. The summed E-state index contributed by atoms with van der Waals surface area (Å²) in [4.78, 5) is 0. The third kappa shape index (κ3) is 3.60. The van der Waals surface area contributed by atoms with Crippen LogP contribution < -0.4 is 5.73 Å².